The van der Waals surface area contributed by atoms with Crippen LogP contribution in [-0.2, 0) is 14.3 Å². The molecule has 0 aromatic carbocycles. The highest BCUT2D eigenvalue weighted by molar-refractivity contribution is 9.12. The third-order valence-electron chi connectivity index (χ3n) is 3.25. The molecule has 5 nitrogen and oxygen atoms in total. The lowest BCUT2D eigenvalue weighted by molar-refractivity contribution is -0.149. The Hall–Kier alpha value is -0.140. The largest absolute Gasteiger partial charge is 0.481 e. The zero-order valence-electron chi connectivity index (χ0n) is 13.0. The molecule has 0 heterocycles. The van der Waals surface area contributed by atoms with Crippen LogP contribution in [0.5, 0.6) is 0 Å². The summed E-state index contributed by atoms with van der Waals surface area (Å²) in [6.45, 7) is 8.13. The standard InChI is InChI=1S/C14H25Br2NO4/c1-13(2,12(19)20)6-8-21-14(3,4)5-7-17-11(18)10(16)9-15/h10H,5-9H2,1-4H3,(H,17,18)(H,19,20). The Balaban J connectivity index is 4.05. The normalized spacial score (nSPS) is 13.8. The fourth-order valence-corrected chi connectivity index (χ4v) is 1.89. The second kappa shape index (κ2) is 9.10. The van der Waals surface area contributed by atoms with Crippen LogP contribution in [0.4, 0.5) is 0 Å². The van der Waals surface area contributed by atoms with E-state index in [0.29, 0.717) is 31.3 Å². The first kappa shape index (κ1) is 20.9. The predicted octanol–water partition coefficient (Wildman–Crippen LogP) is 2.95. The molecule has 0 saturated heterocycles. The van der Waals surface area contributed by atoms with Crippen LogP contribution in [0.1, 0.15) is 40.5 Å². The topological polar surface area (TPSA) is 75.6 Å². The SMILES string of the molecule is CC(C)(CCNC(=O)C(Br)CBr)OCCC(C)(C)C(=O)O. The molecule has 0 rings (SSSR count). The van der Waals surface area contributed by atoms with Gasteiger partial charge in [0.15, 0.2) is 0 Å². The molecular formula is C14H25Br2NO4. The van der Waals surface area contributed by atoms with E-state index in [9.17, 15) is 9.59 Å². The van der Waals surface area contributed by atoms with E-state index < -0.39 is 17.0 Å². The summed E-state index contributed by atoms with van der Waals surface area (Å²) in [6, 6.07) is 0. The molecule has 0 radical (unpaired) electrons. The Kier molecular flexibility index (Phi) is 9.04. The maximum atomic E-state index is 11.6. The van der Waals surface area contributed by atoms with E-state index in [4.69, 9.17) is 9.84 Å². The van der Waals surface area contributed by atoms with Gasteiger partial charge in [-0.15, -0.1) is 0 Å². The first-order chi connectivity index (χ1) is 9.52. The number of ether oxygens (including phenoxy) is 1. The molecule has 0 aliphatic carbocycles. The average molecular weight is 431 g/mol. The van der Waals surface area contributed by atoms with Gasteiger partial charge >= 0.3 is 5.97 Å². The number of carboxylic acids is 1. The van der Waals surface area contributed by atoms with E-state index in [-0.39, 0.29) is 10.7 Å². The van der Waals surface area contributed by atoms with Crippen molar-refractivity contribution in [3.05, 3.63) is 0 Å². The van der Waals surface area contributed by atoms with Gasteiger partial charge in [-0.3, -0.25) is 9.59 Å². The maximum Gasteiger partial charge on any atom is 0.309 e. The third kappa shape index (κ3) is 8.78. The van der Waals surface area contributed by atoms with Gasteiger partial charge in [0, 0.05) is 18.5 Å². The Labute approximate surface area is 143 Å². The summed E-state index contributed by atoms with van der Waals surface area (Å²) in [7, 11) is 0. The van der Waals surface area contributed by atoms with Gasteiger partial charge in [-0.25, -0.2) is 0 Å². The Morgan fingerprint density at radius 2 is 1.81 bits per heavy atom. The number of carbonyl (C=O) groups excluding carboxylic acids is 1. The van der Waals surface area contributed by atoms with Crippen LogP contribution < -0.4 is 5.32 Å². The van der Waals surface area contributed by atoms with Crippen molar-refractivity contribution in [1.29, 1.82) is 0 Å². The molecule has 1 unspecified atom stereocenters. The van der Waals surface area contributed by atoms with Gasteiger partial charge in [0.05, 0.1) is 11.0 Å². The molecule has 0 aliphatic rings. The summed E-state index contributed by atoms with van der Waals surface area (Å²) >= 11 is 6.49. The van der Waals surface area contributed by atoms with Gasteiger partial charge in [0.25, 0.3) is 0 Å². The molecule has 0 fully saturated rings. The second-order valence-corrected chi connectivity index (χ2v) is 7.96. The van der Waals surface area contributed by atoms with E-state index in [2.05, 4.69) is 37.2 Å². The Morgan fingerprint density at radius 3 is 2.29 bits per heavy atom. The molecular weight excluding hydrogens is 406 g/mol. The van der Waals surface area contributed by atoms with Crippen molar-refractivity contribution in [2.45, 2.75) is 51.0 Å². The summed E-state index contributed by atoms with van der Waals surface area (Å²) in [5.41, 5.74) is -1.19. The highest BCUT2D eigenvalue weighted by Crippen LogP contribution is 2.22. The zero-order chi connectivity index (χ0) is 16.7. The van der Waals surface area contributed by atoms with Gasteiger partial charge in [0.1, 0.15) is 4.83 Å². The Bertz CT molecular complexity index is 359. The predicted molar refractivity (Wildman–Crippen MR) is 90.2 cm³/mol. The molecule has 0 aliphatic heterocycles. The average Bonchev–Trinajstić information content (AvgIpc) is 2.36. The van der Waals surface area contributed by atoms with Crippen LogP contribution in [-0.4, -0.2) is 45.9 Å². The van der Waals surface area contributed by atoms with Crippen molar-refractivity contribution in [2.75, 3.05) is 18.5 Å². The highest BCUT2D eigenvalue weighted by atomic mass is 79.9. The number of hydrogen-bond donors (Lipinski definition) is 2. The van der Waals surface area contributed by atoms with E-state index >= 15 is 0 Å². The van der Waals surface area contributed by atoms with E-state index in [1.807, 2.05) is 13.8 Å². The smallest absolute Gasteiger partial charge is 0.309 e. The van der Waals surface area contributed by atoms with Crippen molar-refractivity contribution in [2.24, 2.45) is 5.41 Å². The minimum atomic E-state index is -0.825. The summed E-state index contributed by atoms with van der Waals surface area (Å²) < 4.78 is 5.75. The molecule has 0 spiro atoms. The van der Waals surface area contributed by atoms with E-state index in [1.54, 1.807) is 13.8 Å². The van der Waals surface area contributed by atoms with Gasteiger partial charge in [-0.1, -0.05) is 31.9 Å². The van der Waals surface area contributed by atoms with Gasteiger partial charge in [-0.2, -0.15) is 0 Å². The number of alkyl halides is 2. The number of nitrogens with one attached hydrogen (secondary N) is 1. The van der Waals surface area contributed by atoms with Gasteiger partial charge in [0.2, 0.25) is 5.91 Å². The van der Waals surface area contributed by atoms with E-state index in [0.717, 1.165) is 0 Å². The minimum Gasteiger partial charge on any atom is -0.481 e. The first-order valence-corrected chi connectivity index (χ1v) is 8.90. The maximum absolute atomic E-state index is 11.6. The number of amides is 1. The van der Waals surface area contributed by atoms with Crippen molar-refractivity contribution in [1.82, 2.24) is 5.32 Å². The first-order valence-electron chi connectivity index (χ1n) is 6.87. The quantitative estimate of drug-likeness (QED) is 0.522. The van der Waals surface area contributed by atoms with Crippen molar-refractivity contribution in [3.8, 4) is 0 Å². The van der Waals surface area contributed by atoms with Gasteiger partial charge < -0.3 is 15.2 Å². The molecule has 7 heteroatoms. The van der Waals surface area contributed by atoms with Crippen molar-refractivity contribution < 1.29 is 19.4 Å². The van der Waals surface area contributed by atoms with E-state index in [1.165, 1.54) is 0 Å². The molecule has 0 aromatic rings. The minimum absolute atomic E-state index is 0.0605. The lowest BCUT2D eigenvalue weighted by Gasteiger charge is -2.28. The number of halogens is 2. The number of hydrogen-bond acceptors (Lipinski definition) is 3. The highest BCUT2D eigenvalue weighted by Gasteiger charge is 2.28. The number of rotatable bonds is 10. The number of carboxylic acid groups (broad SMARTS) is 1. The fourth-order valence-electron chi connectivity index (χ4n) is 1.43. The molecule has 0 saturated carbocycles. The lowest BCUT2D eigenvalue weighted by atomic mass is 9.90. The van der Waals surface area contributed by atoms with Crippen LogP contribution in [0.2, 0.25) is 0 Å². The monoisotopic (exact) mass is 429 g/mol. The molecule has 2 N–H and O–H groups in total. The molecule has 124 valence electrons. The summed E-state index contributed by atoms with van der Waals surface area (Å²) in [4.78, 5) is 22.4. The fraction of sp³-hybridized carbons (Fsp3) is 0.857. The van der Waals surface area contributed by atoms with Crippen molar-refractivity contribution >= 4 is 43.7 Å². The van der Waals surface area contributed by atoms with Crippen LogP contribution in [0.3, 0.4) is 0 Å². The van der Waals surface area contributed by atoms with Crippen LogP contribution in [0, 0.1) is 5.41 Å². The molecule has 0 bridgehead atoms. The Morgan fingerprint density at radius 1 is 1.24 bits per heavy atom. The van der Waals surface area contributed by atoms with Crippen LogP contribution in [0.25, 0.3) is 0 Å². The zero-order valence-corrected chi connectivity index (χ0v) is 16.2. The third-order valence-corrected chi connectivity index (χ3v) is 5.50. The summed E-state index contributed by atoms with van der Waals surface area (Å²) in [5, 5.41) is 12.4. The second-order valence-electron chi connectivity index (χ2n) is 6.21. The summed E-state index contributed by atoms with van der Waals surface area (Å²) in [6.07, 6.45) is 1.11. The number of carbonyl (C=O) groups is 2. The van der Waals surface area contributed by atoms with Crippen LogP contribution >= 0.6 is 31.9 Å². The molecule has 21 heavy (non-hydrogen) atoms. The van der Waals surface area contributed by atoms with Crippen LogP contribution in [0.15, 0.2) is 0 Å². The number of aliphatic carboxylic acids is 1. The summed E-state index contributed by atoms with van der Waals surface area (Å²) in [5.74, 6) is -0.885. The van der Waals surface area contributed by atoms with Gasteiger partial charge in [-0.05, 0) is 40.5 Å². The molecule has 1 amide bonds. The molecule has 0 aromatic heterocycles. The lowest BCUT2D eigenvalue weighted by Crippen LogP contribution is -2.37. The van der Waals surface area contributed by atoms with Crippen molar-refractivity contribution in [3.63, 3.8) is 0 Å². The molecule has 1 atom stereocenters.